The average molecular weight is 435 g/mol. The molecular formula is C20H30N6O3S. The lowest BCUT2D eigenvalue weighted by Gasteiger charge is -2.31. The lowest BCUT2D eigenvalue weighted by atomic mass is 10.2. The Morgan fingerprint density at radius 1 is 1.40 bits per heavy atom. The minimum atomic E-state index is -3.57. The maximum atomic E-state index is 12.7. The first-order valence-electron chi connectivity index (χ1n) is 10.5. The van der Waals surface area contributed by atoms with Crippen LogP contribution in [-0.2, 0) is 14.8 Å². The van der Waals surface area contributed by atoms with Crippen LogP contribution in [0.15, 0.2) is 23.2 Å². The van der Waals surface area contributed by atoms with Crippen molar-refractivity contribution >= 4 is 21.7 Å². The van der Waals surface area contributed by atoms with Crippen LogP contribution in [0.3, 0.4) is 0 Å². The number of nitriles is 1. The van der Waals surface area contributed by atoms with Gasteiger partial charge in [-0.3, -0.25) is 4.79 Å². The van der Waals surface area contributed by atoms with Gasteiger partial charge in [-0.2, -0.15) is 5.26 Å². The summed E-state index contributed by atoms with van der Waals surface area (Å²) >= 11 is 0. The second-order valence-corrected chi connectivity index (χ2v) is 9.81. The van der Waals surface area contributed by atoms with Gasteiger partial charge in [-0.1, -0.05) is 6.92 Å². The van der Waals surface area contributed by atoms with Crippen molar-refractivity contribution in [3.8, 4) is 6.07 Å². The van der Waals surface area contributed by atoms with Crippen LogP contribution in [0.25, 0.3) is 0 Å². The van der Waals surface area contributed by atoms with Crippen molar-refractivity contribution in [3.05, 3.63) is 18.3 Å². The van der Waals surface area contributed by atoms with E-state index in [1.54, 1.807) is 16.0 Å². The molecule has 30 heavy (non-hydrogen) atoms. The first-order chi connectivity index (χ1) is 14.3. The predicted octanol–water partition coefficient (Wildman–Crippen LogP) is 1.71. The molecule has 1 saturated carbocycles. The fourth-order valence-corrected chi connectivity index (χ4v) is 4.41. The number of nitrogens with zero attached hydrogens (tertiary/aromatic N) is 4. The van der Waals surface area contributed by atoms with Crippen LogP contribution >= 0.6 is 0 Å². The number of likely N-dealkylation sites (tertiary alicyclic amines) is 1. The van der Waals surface area contributed by atoms with Crippen molar-refractivity contribution in [2.45, 2.75) is 62.9 Å². The molecule has 1 unspecified atom stereocenters. The normalized spacial score (nSPS) is 20.2. The number of carbonyl (C=O) groups excluding carboxylic acids is 1. The lowest BCUT2D eigenvalue weighted by molar-refractivity contribution is -0.132. The first kappa shape index (κ1) is 22.5. The van der Waals surface area contributed by atoms with Gasteiger partial charge >= 0.3 is 0 Å². The third-order valence-electron chi connectivity index (χ3n) is 5.71. The number of pyridine rings is 1. The molecule has 10 heteroatoms. The summed E-state index contributed by atoms with van der Waals surface area (Å²) in [5.41, 5.74) is 3.13. The smallest absolute Gasteiger partial charge is 0.242 e. The van der Waals surface area contributed by atoms with E-state index in [1.165, 1.54) is 12.3 Å². The van der Waals surface area contributed by atoms with E-state index >= 15 is 0 Å². The summed E-state index contributed by atoms with van der Waals surface area (Å²) in [6.07, 6.45) is 5.82. The molecule has 2 N–H and O–H groups in total. The van der Waals surface area contributed by atoms with E-state index in [0.29, 0.717) is 31.2 Å². The molecule has 164 valence electrons. The van der Waals surface area contributed by atoms with Crippen LogP contribution in [0, 0.1) is 17.2 Å². The van der Waals surface area contributed by atoms with Crippen LogP contribution in [0.5, 0.6) is 0 Å². The lowest BCUT2D eigenvalue weighted by Crippen LogP contribution is -2.47. The zero-order valence-corrected chi connectivity index (χ0v) is 18.4. The molecular weight excluding hydrogens is 404 g/mol. The maximum absolute atomic E-state index is 12.7. The molecule has 9 nitrogen and oxygen atoms in total. The maximum Gasteiger partial charge on any atom is 0.242 e. The molecule has 2 heterocycles. The van der Waals surface area contributed by atoms with Gasteiger partial charge in [0.15, 0.2) is 0 Å². The van der Waals surface area contributed by atoms with Crippen LogP contribution in [-0.4, -0.2) is 60.9 Å². The highest BCUT2D eigenvalue weighted by atomic mass is 32.2. The SMILES string of the molecule is CC[C@H](C)N(CC(=O)N1CCCC1C#N)Nc1ccc(S(=O)(=O)NCC2CC2)cn1. The number of hydrogen-bond donors (Lipinski definition) is 2. The fraction of sp³-hybridized carbons (Fsp3) is 0.650. The van der Waals surface area contributed by atoms with Gasteiger partial charge < -0.3 is 10.3 Å². The summed E-state index contributed by atoms with van der Waals surface area (Å²) in [4.78, 5) is 18.7. The summed E-state index contributed by atoms with van der Waals surface area (Å²) in [5.74, 6) is 0.810. The minimum absolute atomic E-state index is 0.0440. The van der Waals surface area contributed by atoms with Gasteiger partial charge in [-0.05, 0) is 57.1 Å². The molecule has 2 fully saturated rings. The Kier molecular flexibility index (Phi) is 7.28. The van der Waals surface area contributed by atoms with Crippen LogP contribution in [0.4, 0.5) is 5.82 Å². The summed E-state index contributed by atoms with van der Waals surface area (Å²) in [6, 6.07) is 4.98. The van der Waals surface area contributed by atoms with Gasteiger partial charge in [0.25, 0.3) is 0 Å². The molecule has 0 radical (unpaired) electrons. The Morgan fingerprint density at radius 3 is 2.77 bits per heavy atom. The number of rotatable bonds is 10. The van der Waals surface area contributed by atoms with Gasteiger partial charge in [0.2, 0.25) is 15.9 Å². The Morgan fingerprint density at radius 2 is 2.17 bits per heavy atom. The van der Waals surface area contributed by atoms with Crippen LogP contribution in [0.1, 0.15) is 46.0 Å². The molecule has 1 aromatic rings. The zero-order chi connectivity index (χ0) is 21.7. The van der Waals surface area contributed by atoms with E-state index in [1.807, 2.05) is 13.8 Å². The molecule has 0 aromatic carbocycles. The summed E-state index contributed by atoms with van der Waals surface area (Å²) in [6.45, 7) is 5.19. The molecule has 1 amide bonds. The van der Waals surface area contributed by atoms with Crippen molar-refractivity contribution in [3.63, 3.8) is 0 Å². The highest BCUT2D eigenvalue weighted by Crippen LogP contribution is 2.28. The number of hydrogen-bond acceptors (Lipinski definition) is 7. The van der Waals surface area contributed by atoms with E-state index in [4.69, 9.17) is 0 Å². The monoisotopic (exact) mass is 434 g/mol. The molecule has 1 saturated heterocycles. The third kappa shape index (κ3) is 5.68. The number of nitrogens with one attached hydrogen (secondary N) is 2. The van der Waals surface area contributed by atoms with E-state index in [0.717, 1.165) is 25.7 Å². The molecule has 1 aromatic heterocycles. The molecule has 3 rings (SSSR count). The van der Waals surface area contributed by atoms with Crippen molar-refractivity contribution in [2.75, 3.05) is 25.1 Å². The number of sulfonamides is 1. The van der Waals surface area contributed by atoms with E-state index < -0.39 is 10.0 Å². The second kappa shape index (κ2) is 9.73. The fourth-order valence-electron chi connectivity index (χ4n) is 3.35. The summed E-state index contributed by atoms with van der Waals surface area (Å²) in [5, 5.41) is 11.0. The van der Waals surface area contributed by atoms with E-state index in [2.05, 4.69) is 21.2 Å². The van der Waals surface area contributed by atoms with Crippen LogP contribution < -0.4 is 10.1 Å². The molecule has 2 aliphatic rings. The van der Waals surface area contributed by atoms with Crippen molar-refractivity contribution in [1.82, 2.24) is 19.6 Å². The largest absolute Gasteiger partial charge is 0.325 e. The molecule has 1 aliphatic carbocycles. The average Bonchev–Trinajstić information content (AvgIpc) is 3.45. The van der Waals surface area contributed by atoms with Crippen molar-refractivity contribution < 1.29 is 13.2 Å². The Labute approximate surface area is 178 Å². The molecule has 1 aliphatic heterocycles. The first-order valence-corrected chi connectivity index (χ1v) is 12.0. The summed E-state index contributed by atoms with van der Waals surface area (Å²) < 4.78 is 27.3. The van der Waals surface area contributed by atoms with Crippen molar-refractivity contribution in [1.29, 1.82) is 5.26 Å². The topological polar surface area (TPSA) is 118 Å². The van der Waals surface area contributed by atoms with Gasteiger partial charge in [0, 0.05) is 25.3 Å². The number of hydrazine groups is 1. The Bertz CT molecular complexity index is 879. The second-order valence-electron chi connectivity index (χ2n) is 8.05. The van der Waals surface area contributed by atoms with Crippen molar-refractivity contribution in [2.24, 2.45) is 5.92 Å². The quantitative estimate of drug-likeness (QED) is 0.538. The number of anilines is 1. The van der Waals surface area contributed by atoms with E-state index in [-0.39, 0.29) is 29.4 Å². The van der Waals surface area contributed by atoms with E-state index in [9.17, 15) is 18.5 Å². The van der Waals surface area contributed by atoms with Gasteiger partial charge in [0.1, 0.15) is 16.8 Å². The summed E-state index contributed by atoms with van der Waals surface area (Å²) in [7, 11) is -3.57. The highest BCUT2D eigenvalue weighted by Gasteiger charge is 2.30. The predicted molar refractivity (Wildman–Crippen MR) is 113 cm³/mol. The third-order valence-corrected chi connectivity index (χ3v) is 7.12. The molecule has 2 atom stereocenters. The van der Waals surface area contributed by atoms with Gasteiger partial charge in [0.05, 0.1) is 12.6 Å². The number of amides is 1. The number of carbonyl (C=O) groups is 1. The standard InChI is InChI=1S/C20H30N6O3S/c1-3-15(2)26(14-20(27)25-10-4-5-17(25)11-21)24-19-9-8-18(13-22-19)30(28,29)23-12-16-6-7-16/h8-9,13,15-17,23H,3-7,10,12,14H2,1-2H3,(H,22,24)/t15-,17?/m0/s1. The highest BCUT2D eigenvalue weighted by molar-refractivity contribution is 7.89. The number of aromatic nitrogens is 1. The van der Waals surface area contributed by atoms with Crippen LogP contribution in [0.2, 0.25) is 0 Å². The Balaban J connectivity index is 1.64. The zero-order valence-electron chi connectivity index (χ0n) is 17.5. The van der Waals surface area contributed by atoms with Gasteiger partial charge in [-0.25, -0.2) is 23.1 Å². The minimum Gasteiger partial charge on any atom is -0.325 e. The Hall–Kier alpha value is -2.22. The molecule has 0 spiro atoms. The molecule has 0 bridgehead atoms. The van der Waals surface area contributed by atoms with Gasteiger partial charge in [-0.15, -0.1) is 0 Å².